The molecule has 0 aliphatic carbocycles. The topological polar surface area (TPSA) is 59.6 Å². The van der Waals surface area contributed by atoms with E-state index in [1.165, 1.54) is 12.8 Å². The Morgan fingerprint density at radius 2 is 2.00 bits per heavy atom. The van der Waals surface area contributed by atoms with Crippen molar-refractivity contribution < 1.29 is 14.3 Å². The molecule has 0 aromatic rings. The lowest BCUT2D eigenvalue weighted by Crippen LogP contribution is -2.46. The highest BCUT2D eigenvalue weighted by atomic mass is 16.6. The number of ether oxygens (including phenoxy) is 2. The number of amides is 1. The van der Waals surface area contributed by atoms with Crippen LogP contribution in [0.4, 0.5) is 4.79 Å². The molecule has 1 aliphatic rings. The summed E-state index contributed by atoms with van der Waals surface area (Å²) in [5.41, 5.74) is -0.376. The van der Waals surface area contributed by atoms with Gasteiger partial charge in [-0.2, -0.15) is 0 Å². The highest BCUT2D eigenvalue weighted by Gasteiger charge is 2.24. The van der Waals surface area contributed by atoms with Crippen molar-refractivity contribution in [3.8, 4) is 0 Å². The third kappa shape index (κ3) is 9.82. The van der Waals surface area contributed by atoms with Crippen molar-refractivity contribution in [3.05, 3.63) is 0 Å². The smallest absolute Gasteiger partial charge is 0.407 e. The van der Waals surface area contributed by atoms with Crippen LogP contribution in [0.25, 0.3) is 0 Å². The van der Waals surface area contributed by atoms with E-state index in [9.17, 15) is 4.79 Å². The molecule has 0 radical (unpaired) electrons. The van der Waals surface area contributed by atoms with E-state index in [-0.39, 0.29) is 11.6 Å². The minimum Gasteiger partial charge on any atom is -0.444 e. The Morgan fingerprint density at radius 1 is 1.30 bits per heavy atom. The average molecular weight is 328 g/mol. The van der Waals surface area contributed by atoms with Crippen LogP contribution in [0.1, 0.15) is 67.2 Å². The van der Waals surface area contributed by atoms with Gasteiger partial charge in [0.2, 0.25) is 0 Å². The minimum absolute atomic E-state index is 0.0640. The van der Waals surface area contributed by atoms with Gasteiger partial charge in [0, 0.05) is 31.3 Å². The predicted molar refractivity (Wildman–Crippen MR) is 93.7 cm³/mol. The molecule has 5 nitrogen and oxygen atoms in total. The lowest BCUT2D eigenvalue weighted by molar-refractivity contribution is 0.0525. The summed E-state index contributed by atoms with van der Waals surface area (Å²) in [5.74, 6) is 0.696. The summed E-state index contributed by atoms with van der Waals surface area (Å²) >= 11 is 0. The maximum absolute atomic E-state index is 11.6. The van der Waals surface area contributed by atoms with Crippen LogP contribution in [0.2, 0.25) is 0 Å². The summed E-state index contributed by atoms with van der Waals surface area (Å²) < 4.78 is 10.7. The molecule has 5 heteroatoms. The molecule has 0 spiro atoms. The fraction of sp³-hybridized carbons (Fsp3) is 0.944. The number of rotatable bonds is 8. The average Bonchev–Trinajstić information content (AvgIpc) is 2.84. The van der Waals surface area contributed by atoms with Crippen LogP contribution < -0.4 is 10.6 Å². The molecule has 1 rings (SSSR count). The van der Waals surface area contributed by atoms with E-state index in [2.05, 4.69) is 31.4 Å². The van der Waals surface area contributed by atoms with Crippen LogP contribution in [0.5, 0.6) is 0 Å². The molecule has 0 saturated carbocycles. The van der Waals surface area contributed by atoms with Crippen LogP contribution in [0, 0.1) is 5.92 Å². The van der Waals surface area contributed by atoms with Gasteiger partial charge in [0.25, 0.3) is 0 Å². The van der Waals surface area contributed by atoms with E-state index in [1.807, 2.05) is 20.8 Å². The van der Waals surface area contributed by atoms with Crippen molar-refractivity contribution >= 4 is 6.09 Å². The van der Waals surface area contributed by atoms with Crippen molar-refractivity contribution in [2.24, 2.45) is 5.92 Å². The molecule has 2 atom stereocenters. The minimum atomic E-state index is -0.440. The number of alkyl carbamates (subject to hydrolysis) is 1. The van der Waals surface area contributed by atoms with Crippen molar-refractivity contribution in [2.75, 3.05) is 19.8 Å². The zero-order chi connectivity index (χ0) is 17.5. The van der Waals surface area contributed by atoms with Crippen LogP contribution in [-0.2, 0) is 9.47 Å². The van der Waals surface area contributed by atoms with Crippen LogP contribution in [0.15, 0.2) is 0 Å². The zero-order valence-corrected chi connectivity index (χ0v) is 15.8. The maximum atomic E-state index is 11.6. The number of carbonyl (C=O) groups is 1. The Morgan fingerprint density at radius 3 is 2.57 bits per heavy atom. The second kappa shape index (κ2) is 8.88. The van der Waals surface area contributed by atoms with E-state index < -0.39 is 5.60 Å². The fourth-order valence-corrected chi connectivity index (χ4v) is 3.10. The predicted octanol–water partition coefficient (Wildman–Crippen LogP) is 3.47. The van der Waals surface area contributed by atoms with Crippen molar-refractivity contribution in [2.45, 2.75) is 84.4 Å². The van der Waals surface area contributed by atoms with Crippen LogP contribution in [-0.4, -0.2) is 43.0 Å². The molecule has 1 amide bonds. The first kappa shape index (κ1) is 20.2. The number of hydrogen-bond acceptors (Lipinski definition) is 4. The number of nitrogens with one attached hydrogen (secondary N) is 2. The first-order chi connectivity index (χ1) is 10.6. The summed E-state index contributed by atoms with van der Waals surface area (Å²) in [7, 11) is 0. The second-order valence-corrected chi connectivity index (χ2v) is 8.43. The van der Waals surface area contributed by atoms with Gasteiger partial charge in [-0.1, -0.05) is 0 Å². The standard InChI is InChI=1S/C18H36N2O3/c1-14(12-15-8-11-22-13-15)20-18(5,6)9-7-10-19-16(21)23-17(2,3)4/h14-15,20H,7-13H2,1-6H3,(H,19,21). The molecule has 0 aromatic carbocycles. The summed E-state index contributed by atoms with van der Waals surface area (Å²) in [5, 5.41) is 6.53. The summed E-state index contributed by atoms with van der Waals surface area (Å²) in [4.78, 5) is 11.6. The Hall–Kier alpha value is -0.810. The first-order valence-electron chi connectivity index (χ1n) is 8.90. The Kier molecular flexibility index (Phi) is 7.81. The highest BCUT2D eigenvalue weighted by molar-refractivity contribution is 5.67. The summed E-state index contributed by atoms with van der Waals surface area (Å²) in [6, 6.07) is 0.482. The molecule has 136 valence electrons. The van der Waals surface area contributed by atoms with Gasteiger partial charge < -0.3 is 20.1 Å². The van der Waals surface area contributed by atoms with Gasteiger partial charge in [-0.25, -0.2) is 4.79 Å². The Labute approximate surface area is 141 Å². The summed E-state index contributed by atoms with van der Waals surface area (Å²) in [6.45, 7) is 14.8. The molecular weight excluding hydrogens is 292 g/mol. The van der Waals surface area contributed by atoms with E-state index in [0.717, 1.165) is 26.1 Å². The molecular formula is C18H36N2O3. The third-order valence-electron chi connectivity index (χ3n) is 3.99. The van der Waals surface area contributed by atoms with Gasteiger partial charge in [-0.05, 0) is 73.1 Å². The quantitative estimate of drug-likeness (QED) is 0.670. The molecule has 1 saturated heterocycles. The van der Waals surface area contributed by atoms with Gasteiger partial charge in [0.15, 0.2) is 0 Å². The van der Waals surface area contributed by atoms with Gasteiger partial charge in [-0.15, -0.1) is 0 Å². The van der Waals surface area contributed by atoms with Crippen molar-refractivity contribution in [3.63, 3.8) is 0 Å². The molecule has 23 heavy (non-hydrogen) atoms. The molecule has 1 fully saturated rings. The lowest BCUT2D eigenvalue weighted by atomic mass is 9.94. The van der Waals surface area contributed by atoms with Crippen molar-refractivity contribution in [1.29, 1.82) is 0 Å². The Balaban J connectivity index is 2.17. The fourth-order valence-electron chi connectivity index (χ4n) is 3.10. The Bertz CT molecular complexity index is 358. The van der Waals surface area contributed by atoms with Gasteiger partial charge in [0.1, 0.15) is 5.60 Å². The molecule has 2 N–H and O–H groups in total. The number of hydrogen-bond donors (Lipinski definition) is 2. The lowest BCUT2D eigenvalue weighted by Gasteiger charge is -2.31. The van der Waals surface area contributed by atoms with Gasteiger partial charge in [0.05, 0.1) is 0 Å². The molecule has 0 aromatic heterocycles. The molecule has 0 bridgehead atoms. The van der Waals surface area contributed by atoms with Crippen LogP contribution >= 0.6 is 0 Å². The zero-order valence-electron chi connectivity index (χ0n) is 15.8. The van der Waals surface area contributed by atoms with E-state index in [0.29, 0.717) is 18.5 Å². The van der Waals surface area contributed by atoms with E-state index >= 15 is 0 Å². The normalized spacial score (nSPS) is 20.3. The maximum Gasteiger partial charge on any atom is 0.407 e. The molecule has 1 heterocycles. The first-order valence-corrected chi connectivity index (χ1v) is 8.90. The number of carbonyl (C=O) groups excluding carboxylic acids is 1. The second-order valence-electron chi connectivity index (χ2n) is 8.43. The van der Waals surface area contributed by atoms with Crippen LogP contribution in [0.3, 0.4) is 0 Å². The monoisotopic (exact) mass is 328 g/mol. The van der Waals surface area contributed by atoms with Crippen molar-refractivity contribution in [1.82, 2.24) is 10.6 Å². The van der Waals surface area contributed by atoms with E-state index in [1.54, 1.807) is 0 Å². The molecule has 2 unspecified atom stereocenters. The highest BCUT2D eigenvalue weighted by Crippen LogP contribution is 2.20. The van der Waals surface area contributed by atoms with Gasteiger partial charge in [-0.3, -0.25) is 0 Å². The van der Waals surface area contributed by atoms with Gasteiger partial charge >= 0.3 is 6.09 Å². The molecule has 1 aliphatic heterocycles. The van der Waals surface area contributed by atoms with E-state index in [4.69, 9.17) is 9.47 Å². The SMILES string of the molecule is CC(CC1CCOC1)NC(C)(C)CCCNC(=O)OC(C)(C)C. The summed E-state index contributed by atoms with van der Waals surface area (Å²) in [6.07, 6.45) is 3.96. The third-order valence-corrected chi connectivity index (χ3v) is 3.99. The largest absolute Gasteiger partial charge is 0.444 e.